The van der Waals surface area contributed by atoms with Gasteiger partial charge in [0.2, 0.25) is 0 Å². The average molecular weight is 630 g/mol. The Kier molecular flexibility index (Phi) is 9.28. The molecule has 2 aromatic carbocycles. The van der Waals surface area contributed by atoms with E-state index in [1.807, 2.05) is 0 Å². The van der Waals surface area contributed by atoms with Gasteiger partial charge in [0.05, 0.1) is 29.2 Å². The highest BCUT2D eigenvalue weighted by Crippen LogP contribution is 2.39. The van der Waals surface area contributed by atoms with Crippen molar-refractivity contribution in [2.75, 3.05) is 46.4 Å². The van der Waals surface area contributed by atoms with Crippen molar-refractivity contribution in [1.82, 2.24) is 9.80 Å². The van der Waals surface area contributed by atoms with Gasteiger partial charge >= 0.3 is 12.4 Å². The molecule has 3 heterocycles. The molecule has 0 bridgehead atoms. The molecule has 0 aliphatic carbocycles. The number of amides is 1. The summed E-state index contributed by atoms with van der Waals surface area (Å²) in [6.45, 7) is 4.28. The molecule has 0 saturated carbocycles. The Labute approximate surface area is 248 Å². The van der Waals surface area contributed by atoms with Crippen molar-refractivity contribution in [2.45, 2.75) is 37.9 Å². The first-order valence-corrected chi connectivity index (χ1v) is 14.4. The molecule has 0 radical (unpaired) electrons. The van der Waals surface area contributed by atoms with Crippen LogP contribution in [0.4, 0.5) is 26.3 Å². The maximum Gasteiger partial charge on any atom is 0.416 e. The maximum atomic E-state index is 13.5. The largest absolute Gasteiger partial charge is 0.493 e. The van der Waals surface area contributed by atoms with Gasteiger partial charge in [-0.05, 0) is 60.5 Å². The van der Waals surface area contributed by atoms with Crippen molar-refractivity contribution in [3.63, 3.8) is 0 Å². The van der Waals surface area contributed by atoms with E-state index in [0.717, 1.165) is 58.2 Å². The first-order valence-electron chi connectivity index (χ1n) is 13.6. The number of halogens is 6. The molecule has 2 saturated heterocycles. The summed E-state index contributed by atoms with van der Waals surface area (Å²) in [5, 5.41) is 0.636. The van der Waals surface area contributed by atoms with Gasteiger partial charge in [-0.15, -0.1) is 0 Å². The zero-order valence-corrected chi connectivity index (χ0v) is 23.9. The van der Waals surface area contributed by atoms with Gasteiger partial charge in [-0.2, -0.15) is 31.3 Å². The second kappa shape index (κ2) is 12.8. The fourth-order valence-electron chi connectivity index (χ4n) is 5.07. The van der Waals surface area contributed by atoms with E-state index in [9.17, 15) is 31.1 Å². The number of carbonyl (C=O) groups is 1. The topological polar surface area (TPSA) is 63.6 Å². The molecule has 1 amide bonds. The quantitative estimate of drug-likeness (QED) is 0.272. The van der Waals surface area contributed by atoms with E-state index in [0.29, 0.717) is 21.7 Å². The van der Waals surface area contributed by atoms with Crippen molar-refractivity contribution >= 4 is 28.9 Å². The third-order valence-electron chi connectivity index (χ3n) is 7.35. The molecule has 3 aliphatic rings. The van der Waals surface area contributed by atoms with Crippen LogP contribution in [0.1, 0.15) is 35.1 Å². The number of hydrogen-bond acceptors (Lipinski definition) is 7. The van der Waals surface area contributed by atoms with E-state index in [1.165, 1.54) is 24.9 Å². The standard InChI is InChI=1S/C29H29F6N3O4S/c1-40-24-13-18(4-7-23(24)42-17-19-5-6-20(28(30,31)32)15-22(19)29(33,34)35)14-25-26(39)36-27(43-25)38-10-8-37(9-11-38)16-21-3-2-12-41-21/h4-7,13-15,21H,2-3,8-12,16-17H2,1H3/b25-14-. The number of aliphatic imine (C=N–C) groups is 1. The molecule has 0 spiro atoms. The van der Waals surface area contributed by atoms with Crippen molar-refractivity contribution in [1.29, 1.82) is 0 Å². The molecule has 1 unspecified atom stereocenters. The molecule has 3 aliphatic heterocycles. The predicted octanol–water partition coefficient (Wildman–Crippen LogP) is 6.08. The summed E-state index contributed by atoms with van der Waals surface area (Å²) in [4.78, 5) is 21.7. The number of rotatable bonds is 7. The minimum absolute atomic E-state index is 0.0726. The molecular weight excluding hydrogens is 600 g/mol. The highest BCUT2D eigenvalue weighted by molar-refractivity contribution is 8.18. The Balaban J connectivity index is 1.22. The SMILES string of the molecule is COc1cc(/C=C2\SC(N3CCN(CC4CCCO4)CC3)=NC2=O)ccc1OCc1ccc(C(F)(F)F)cc1C(F)(F)F. The zero-order valence-electron chi connectivity index (χ0n) is 23.1. The summed E-state index contributed by atoms with van der Waals surface area (Å²) < 4.78 is 96.0. The molecule has 0 N–H and O–H groups in total. The van der Waals surface area contributed by atoms with Crippen molar-refractivity contribution < 1.29 is 45.3 Å². The molecule has 2 fully saturated rings. The van der Waals surface area contributed by atoms with Gasteiger partial charge in [-0.1, -0.05) is 12.1 Å². The maximum absolute atomic E-state index is 13.5. The minimum atomic E-state index is -5.01. The molecule has 5 rings (SSSR count). The summed E-state index contributed by atoms with van der Waals surface area (Å²) in [6, 6.07) is 6.01. The normalized spacial score (nSPS) is 21.0. The molecule has 2 aromatic rings. The van der Waals surface area contributed by atoms with Crippen molar-refractivity contribution in [3.8, 4) is 11.5 Å². The molecule has 43 heavy (non-hydrogen) atoms. The summed E-state index contributed by atoms with van der Waals surface area (Å²) in [5.74, 6) is -0.113. The van der Waals surface area contributed by atoms with Crippen molar-refractivity contribution in [2.24, 2.45) is 4.99 Å². The molecule has 232 valence electrons. The van der Waals surface area contributed by atoms with Gasteiger partial charge in [-0.3, -0.25) is 9.69 Å². The molecule has 1 atom stereocenters. The monoisotopic (exact) mass is 629 g/mol. The van der Waals surface area contributed by atoms with E-state index < -0.39 is 35.6 Å². The van der Waals surface area contributed by atoms with E-state index in [2.05, 4.69) is 14.8 Å². The fraction of sp³-hybridized carbons (Fsp3) is 0.448. The van der Waals surface area contributed by atoms with Gasteiger partial charge < -0.3 is 19.1 Å². The molecule has 14 heteroatoms. The average Bonchev–Trinajstić information content (AvgIpc) is 3.61. The molecule has 0 aromatic heterocycles. The van der Waals surface area contributed by atoms with Crippen LogP contribution in [0.25, 0.3) is 6.08 Å². The summed E-state index contributed by atoms with van der Waals surface area (Å²) >= 11 is 1.27. The third kappa shape index (κ3) is 7.65. The summed E-state index contributed by atoms with van der Waals surface area (Å²) in [6.07, 6.45) is -5.82. The lowest BCUT2D eigenvalue weighted by Gasteiger charge is -2.36. The summed E-state index contributed by atoms with van der Waals surface area (Å²) in [5.41, 5.74) is -2.72. The first-order chi connectivity index (χ1) is 20.4. The van der Waals surface area contributed by atoms with Crippen LogP contribution in [-0.4, -0.2) is 73.4 Å². The van der Waals surface area contributed by atoms with Crippen LogP contribution in [0.5, 0.6) is 11.5 Å². The minimum Gasteiger partial charge on any atom is -0.493 e. The number of amidine groups is 1. The lowest BCUT2D eigenvalue weighted by molar-refractivity contribution is -0.143. The van der Waals surface area contributed by atoms with Crippen molar-refractivity contribution in [3.05, 3.63) is 63.6 Å². The number of hydrogen-bond donors (Lipinski definition) is 0. The van der Waals surface area contributed by atoms with Crippen LogP contribution in [0.3, 0.4) is 0 Å². The first kappa shape index (κ1) is 31.2. The number of ether oxygens (including phenoxy) is 3. The van der Waals surface area contributed by atoms with E-state index >= 15 is 0 Å². The number of piperazine rings is 1. The fourth-order valence-corrected chi connectivity index (χ4v) is 6.04. The van der Waals surface area contributed by atoms with Crippen LogP contribution >= 0.6 is 11.8 Å². The Bertz CT molecular complexity index is 1400. The second-order valence-electron chi connectivity index (χ2n) is 10.3. The van der Waals surface area contributed by atoms with Crippen LogP contribution < -0.4 is 9.47 Å². The Morgan fingerprint density at radius 1 is 1.02 bits per heavy atom. The van der Waals surface area contributed by atoms with Gasteiger partial charge in [0.25, 0.3) is 5.91 Å². The van der Waals surface area contributed by atoms with E-state index in [1.54, 1.807) is 18.2 Å². The zero-order chi connectivity index (χ0) is 30.8. The Morgan fingerprint density at radius 3 is 2.44 bits per heavy atom. The number of alkyl halides is 6. The van der Waals surface area contributed by atoms with Gasteiger partial charge in [0.1, 0.15) is 6.61 Å². The van der Waals surface area contributed by atoms with Crippen LogP contribution in [-0.2, 0) is 28.5 Å². The number of carbonyl (C=O) groups excluding carboxylic acids is 1. The number of nitrogens with zero attached hydrogens (tertiary/aromatic N) is 3. The summed E-state index contributed by atoms with van der Waals surface area (Å²) in [7, 11) is 1.34. The van der Waals surface area contributed by atoms with Gasteiger partial charge in [-0.25, -0.2) is 0 Å². The number of benzene rings is 2. The number of methoxy groups -OCH3 is 1. The van der Waals surface area contributed by atoms with Crippen LogP contribution in [0.15, 0.2) is 46.3 Å². The van der Waals surface area contributed by atoms with E-state index in [4.69, 9.17) is 14.2 Å². The highest BCUT2D eigenvalue weighted by Gasteiger charge is 2.38. The van der Waals surface area contributed by atoms with Crippen LogP contribution in [0.2, 0.25) is 0 Å². The third-order valence-corrected chi connectivity index (χ3v) is 8.39. The van der Waals surface area contributed by atoms with E-state index in [-0.39, 0.29) is 29.6 Å². The van der Waals surface area contributed by atoms with Gasteiger partial charge in [0.15, 0.2) is 16.7 Å². The smallest absolute Gasteiger partial charge is 0.416 e. The molecule has 7 nitrogen and oxygen atoms in total. The van der Waals surface area contributed by atoms with Gasteiger partial charge in [0, 0.05) is 44.9 Å². The lowest BCUT2D eigenvalue weighted by Crippen LogP contribution is -2.49. The Morgan fingerprint density at radius 2 is 1.79 bits per heavy atom. The predicted molar refractivity (Wildman–Crippen MR) is 149 cm³/mol. The number of thioether (sulfide) groups is 1. The molecular formula is C29H29F6N3O4S. The highest BCUT2D eigenvalue weighted by atomic mass is 32.2. The second-order valence-corrected chi connectivity index (χ2v) is 11.3. The Hall–Kier alpha value is -3.23. The lowest BCUT2D eigenvalue weighted by atomic mass is 10.0. The van der Waals surface area contributed by atoms with Crippen LogP contribution in [0, 0.1) is 0 Å².